The lowest BCUT2D eigenvalue weighted by atomic mass is 10.1. The first-order chi connectivity index (χ1) is 12.2. The Kier molecular flexibility index (Phi) is 4.86. The fourth-order valence-electron chi connectivity index (χ4n) is 2.97. The third kappa shape index (κ3) is 4.31. The van der Waals surface area contributed by atoms with Crippen molar-refractivity contribution >= 4 is 5.91 Å². The highest BCUT2D eigenvalue weighted by atomic mass is 19.4. The zero-order valence-corrected chi connectivity index (χ0v) is 14.1. The third-order valence-electron chi connectivity index (χ3n) is 4.03. The normalized spacial score (nSPS) is 21.0. The van der Waals surface area contributed by atoms with Gasteiger partial charge in [-0.25, -0.2) is 0 Å². The first kappa shape index (κ1) is 18.2. The zero-order chi connectivity index (χ0) is 18.9. The fourth-order valence-corrected chi connectivity index (χ4v) is 2.97. The highest BCUT2D eigenvalue weighted by molar-refractivity contribution is 5.73. The fraction of sp³-hybridized carbons (Fsp3) is 0.438. The van der Waals surface area contributed by atoms with Crippen molar-refractivity contribution < 1.29 is 27.2 Å². The molecule has 26 heavy (non-hydrogen) atoms. The van der Waals surface area contributed by atoms with Crippen molar-refractivity contribution in [2.24, 2.45) is 0 Å². The van der Waals surface area contributed by atoms with Gasteiger partial charge in [-0.15, -0.1) is 13.2 Å². The summed E-state index contributed by atoms with van der Waals surface area (Å²) < 4.78 is 45.7. The SMILES string of the molecule is CC(=O)N[C@@H]1C[C@@H](c2nc(-c3ccc(OC(F)(F)F)cc3)no2)N(C)C1. The standard InChI is InChI=1S/C16H17F3N4O3/c1-9(24)20-11-7-13(23(2)8-11)15-21-14(22-26-15)10-3-5-12(6-4-10)25-16(17,18)19/h3-6,11,13H,7-8H2,1-2H3,(H,20,24)/t11-,13+/m1/s1. The second-order valence-corrected chi connectivity index (χ2v) is 6.12. The molecule has 1 aliphatic rings. The lowest BCUT2D eigenvalue weighted by Gasteiger charge is -2.13. The molecule has 1 aromatic heterocycles. The lowest BCUT2D eigenvalue weighted by Crippen LogP contribution is -2.34. The van der Waals surface area contributed by atoms with Gasteiger partial charge in [0.1, 0.15) is 5.75 Å². The van der Waals surface area contributed by atoms with Crippen LogP contribution in [0.5, 0.6) is 5.75 Å². The van der Waals surface area contributed by atoms with Crippen LogP contribution in [0.2, 0.25) is 0 Å². The molecule has 10 heteroatoms. The smallest absolute Gasteiger partial charge is 0.406 e. The van der Waals surface area contributed by atoms with Crippen LogP contribution in [0.15, 0.2) is 28.8 Å². The highest BCUT2D eigenvalue weighted by Crippen LogP contribution is 2.31. The number of likely N-dealkylation sites (N-methyl/N-ethyl adjacent to an activating group) is 1. The summed E-state index contributed by atoms with van der Waals surface area (Å²) in [5.74, 6) is 0.246. The summed E-state index contributed by atoms with van der Waals surface area (Å²) >= 11 is 0. The van der Waals surface area contributed by atoms with Crippen molar-refractivity contribution in [2.45, 2.75) is 31.8 Å². The van der Waals surface area contributed by atoms with Crippen LogP contribution in [0.25, 0.3) is 11.4 Å². The number of benzene rings is 1. The maximum atomic E-state index is 12.2. The lowest BCUT2D eigenvalue weighted by molar-refractivity contribution is -0.274. The number of aromatic nitrogens is 2. The van der Waals surface area contributed by atoms with E-state index >= 15 is 0 Å². The van der Waals surface area contributed by atoms with Gasteiger partial charge >= 0.3 is 6.36 Å². The molecule has 2 heterocycles. The van der Waals surface area contributed by atoms with E-state index in [0.717, 1.165) is 0 Å². The van der Waals surface area contributed by atoms with E-state index in [1.807, 2.05) is 11.9 Å². The van der Waals surface area contributed by atoms with E-state index in [2.05, 4.69) is 20.2 Å². The molecule has 0 spiro atoms. The number of carbonyl (C=O) groups excluding carboxylic acids is 1. The number of hydrogen-bond acceptors (Lipinski definition) is 6. The summed E-state index contributed by atoms with van der Waals surface area (Å²) in [6, 6.07) is 5.08. The Hall–Kier alpha value is -2.62. The summed E-state index contributed by atoms with van der Waals surface area (Å²) in [4.78, 5) is 17.5. The number of nitrogens with zero attached hydrogens (tertiary/aromatic N) is 3. The first-order valence-electron chi connectivity index (χ1n) is 7.88. The van der Waals surface area contributed by atoms with Crippen molar-refractivity contribution in [3.8, 4) is 17.1 Å². The van der Waals surface area contributed by atoms with E-state index in [0.29, 0.717) is 24.4 Å². The van der Waals surface area contributed by atoms with Crippen LogP contribution in [-0.4, -0.2) is 46.9 Å². The number of halogens is 3. The molecule has 1 aromatic carbocycles. The molecular weight excluding hydrogens is 353 g/mol. The minimum absolute atomic E-state index is 0.00310. The van der Waals surface area contributed by atoms with Gasteiger partial charge < -0.3 is 14.6 Å². The predicted molar refractivity (Wildman–Crippen MR) is 84.0 cm³/mol. The molecule has 0 unspecified atom stereocenters. The molecule has 2 atom stereocenters. The number of rotatable bonds is 4. The second-order valence-electron chi connectivity index (χ2n) is 6.12. The third-order valence-corrected chi connectivity index (χ3v) is 4.03. The molecule has 1 amide bonds. The van der Waals surface area contributed by atoms with Gasteiger partial charge in [-0.2, -0.15) is 4.98 Å². The Morgan fingerprint density at radius 1 is 1.35 bits per heavy atom. The minimum atomic E-state index is -4.74. The number of amides is 1. The van der Waals surface area contributed by atoms with Crippen LogP contribution in [0, 0.1) is 0 Å². The Bertz CT molecular complexity index is 776. The predicted octanol–water partition coefficient (Wildman–Crippen LogP) is 2.52. The van der Waals surface area contributed by atoms with Crippen LogP contribution >= 0.6 is 0 Å². The van der Waals surface area contributed by atoms with Gasteiger partial charge in [0.15, 0.2) is 0 Å². The molecule has 7 nitrogen and oxygen atoms in total. The summed E-state index contributed by atoms with van der Waals surface area (Å²) in [7, 11) is 1.89. The second kappa shape index (κ2) is 6.94. The van der Waals surface area contributed by atoms with Gasteiger partial charge in [0.2, 0.25) is 17.6 Å². The molecule has 1 saturated heterocycles. The number of likely N-dealkylation sites (tertiary alicyclic amines) is 1. The molecule has 0 bridgehead atoms. The monoisotopic (exact) mass is 370 g/mol. The Morgan fingerprint density at radius 2 is 2.04 bits per heavy atom. The van der Waals surface area contributed by atoms with E-state index in [9.17, 15) is 18.0 Å². The molecule has 2 aromatic rings. The summed E-state index contributed by atoms with van der Waals surface area (Å²) in [6.45, 7) is 2.12. The quantitative estimate of drug-likeness (QED) is 0.891. The van der Waals surface area contributed by atoms with Crippen LogP contribution in [0.3, 0.4) is 0 Å². The Morgan fingerprint density at radius 3 is 2.65 bits per heavy atom. The topological polar surface area (TPSA) is 80.5 Å². The van der Waals surface area contributed by atoms with Gasteiger partial charge in [-0.3, -0.25) is 9.69 Å². The average Bonchev–Trinajstić information content (AvgIpc) is 3.12. The van der Waals surface area contributed by atoms with Crippen molar-refractivity contribution in [3.05, 3.63) is 30.2 Å². The van der Waals surface area contributed by atoms with Crippen molar-refractivity contribution in [2.75, 3.05) is 13.6 Å². The van der Waals surface area contributed by atoms with E-state index in [4.69, 9.17) is 4.52 Å². The number of nitrogens with one attached hydrogen (secondary N) is 1. The number of carbonyl (C=O) groups is 1. The van der Waals surface area contributed by atoms with E-state index in [1.165, 1.54) is 31.2 Å². The molecular formula is C16H17F3N4O3. The van der Waals surface area contributed by atoms with Crippen LogP contribution in [0.1, 0.15) is 25.3 Å². The van der Waals surface area contributed by atoms with Crippen LogP contribution < -0.4 is 10.1 Å². The molecule has 140 valence electrons. The Balaban J connectivity index is 1.71. The number of hydrogen-bond donors (Lipinski definition) is 1. The first-order valence-corrected chi connectivity index (χ1v) is 7.88. The van der Waals surface area contributed by atoms with Crippen molar-refractivity contribution in [1.29, 1.82) is 0 Å². The minimum Gasteiger partial charge on any atom is -0.406 e. The molecule has 0 aliphatic carbocycles. The maximum Gasteiger partial charge on any atom is 0.573 e. The van der Waals surface area contributed by atoms with Gasteiger partial charge in [0, 0.05) is 25.1 Å². The largest absolute Gasteiger partial charge is 0.573 e. The molecule has 1 fully saturated rings. The van der Waals surface area contributed by atoms with Gasteiger partial charge in [0.05, 0.1) is 6.04 Å². The molecule has 1 N–H and O–H groups in total. The van der Waals surface area contributed by atoms with E-state index in [-0.39, 0.29) is 29.6 Å². The summed E-state index contributed by atoms with van der Waals surface area (Å²) in [5.41, 5.74) is 0.508. The van der Waals surface area contributed by atoms with E-state index in [1.54, 1.807) is 0 Å². The highest BCUT2D eigenvalue weighted by Gasteiger charge is 2.35. The van der Waals surface area contributed by atoms with E-state index < -0.39 is 6.36 Å². The number of ether oxygens (including phenoxy) is 1. The van der Waals surface area contributed by atoms with Gasteiger partial charge in [-0.1, -0.05) is 5.16 Å². The van der Waals surface area contributed by atoms with Crippen molar-refractivity contribution in [3.63, 3.8) is 0 Å². The van der Waals surface area contributed by atoms with Crippen LogP contribution in [0.4, 0.5) is 13.2 Å². The Labute approximate surface area is 147 Å². The molecule has 0 saturated carbocycles. The van der Waals surface area contributed by atoms with Gasteiger partial charge in [0.25, 0.3) is 0 Å². The average molecular weight is 370 g/mol. The summed E-state index contributed by atoms with van der Waals surface area (Å²) in [5, 5.41) is 6.75. The molecule has 3 rings (SSSR count). The zero-order valence-electron chi connectivity index (χ0n) is 14.1. The van der Waals surface area contributed by atoms with Gasteiger partial charge in [-0.05, 0) is 37.7 Å². The molecule has 1 aliphatic heterocycles. The van der Waals surface area contributed by atoms with Crippen molar-refractivity contribution in [1.82, 2.24) is 20.4 Å². The van der Waals surface area contributed by atoms with Crippen LogP contribution in [-0.2, 0) is 4.79 Å². The number of alkyl halides is 3. The summed E-state index contributed by atoms with van der Waals surface area (Å²) in [6.07, 6.45) is -4.10. The maximum absolute atomic E-state index is 12.2. The molecule has 0 radical (unpaired) electrons.